The number of amides is 1. The molecule has 142 valence electrons. The first-order valence-corrected chi connectivity index (χ1v) is 9.37. The van der Waals surface area contributed by atoms with Crippen molar-refractivity contribution in [1.29, 1.82) is 0 Å². The van der Waals surface area contributed by atoms with Crippen LogP contribution < -0.4 is 10.6 Å². The van der Waals surface area contributed by atoms with Gasteiger partial charge in [0.25, 0.3) is 5.91 Å². The smallest absolute Gasteiger partial charge is 0.255 e. The van der Waals surface area contributed by atoms with Crippen molar-refractivity contribution in [3.05, 3.63) is 102 Å². The van der Waals surface area contributed by atoms with E-state index in [0.29, 0.717) is 22.1 Å². The van der Waals surface area contributed by atoms with Crippen molar-refractivity contribution in [3.63, 3.8) is 0 Å². The van der Waals surface area contributed by atoms with E-state index in [1.807, 2.05) is 60.7 Å². The van der Waals surface area contributed by atoms with Crippen LogP contribution in [0.4, 0.5) is 17.2 Å². The van der Waals surface area contributed by atoms with Gasteiger partial charge in [-0.1, -0.05) is 41.9 Å². The van der Waals surface area contributed by atoms with Gasteiger partial charge in [0.1, 0.15) is 12.1 Å². The maximum absolute atomic E-state index is 12.3. The number of carbonyl (C=O) groups excluding carboxylic acids is 1. The Kier molecular flexibility index (Phi) is 5.49. The fourth-order valence-corrected chi connectivity index (χ4v) is 2.91. The van der Waals surface area contributed by atoms with Crippen LogP contribution in [0, 0.1) is 0 Å². The highest BCUT2D eigenvalue weighted by molar-refractivity contribution is 6.30. The molecule has 1 aromatic heterocycles. The third-order valence-electron chi connectivity index (χ3n) is 4.26. The summed E-state index contributed by atoms with van der Waals surface area (Å²) >= 11 is 5.86. The predicted molar refractivity (Wildman–Crippen MR) is 117 cm³/mol. The zero-order valence-electron chi connectivity index (χ0n) is 15.3. The number of aromatic nitrogens is 2. The van der Waals surface area contributed by atoms with Crippen molar-refractivity contribution >= 4 is 34.7 Å². The van der Waals surface area contributed by atoms with Crippen LogP contribution in [0.15, 0.2) is 91.3 Å². The SMILES string of the molecule is O=C(Nc1ccc(Nc2cc(-c3ccccc3)ncn2)cc1)c1ccc(Cl)cc1. The van der Waals surface area contributed by atoms with E-state index >= 15 is 0 Å². The number of rotatable bonds is 5. The molecule has 0 aliphatic rings. The number of benzene rings is 3. The highest BCUT2D eigenvalue weighted by Crippen LogP contribution is 2.22. The number of halogens is 1. The summed E-state index contributed by atoms with van der Waals surface area (Å²) in [5, 5.41) is 6.71. The topological polar surface area (TPSA) is 66.9 Å². The summed E-state index contributed by atoms with van der Waals surface area (Å²) < 4.78 is 0. The van der Waals surface area contributed by atoms with Crippen molar-refractivity contribution in [2.45, 2.75) is 0 Å². The van der Waals surface area contributed by atoms with E-state index < -0.39 is 0 Å². The maximum atomic E-state index is 12.3. The molecular formula is C23H17ClN4O. The molecule has 1 amide bonds. The van der Waals surface area contributed by atoms with E-state index in [0.717, 1.165) is 16.9 Å². The van der Waals surface area contributed by atoms with E-state index in [1.165, 1.54) is 6.33 Å². The van der Waals surface area contributed by atoms with Gasteiger partial charge in [-0.15, -0.1) is 0 Å². The van der Waals surface area contributed by atoms with Gasteiger partial charge in [-0.3, -0.25) is 4.79 Å². The molecule has 29 heavy (non-hydrogen) atoms. The molecule has 4 rings (SSSR count). The highest BCUT2D eigenvalue weighted by Gasteiger charge is 2.06. The molecule has 6 heteroatoms. The van der Waals surface area contributed by atoms with Crippen LogP contribution in [0.5, 0.6) is 0 Å². The minimum Gasteiger partial charge on any atom is -0.340 e. The zero-order valence-corrected chi connectivity index (χ0v) is 16.1. The van der Waals surface area contributed by atoms with Crippen LogP contribution >= 0.6 is 11.6 Å². The van der Waals surface area contributed by atoms with E-state index in [2.05, 4.69) is 20.6 Å². The second-order valence-electron chi connectivity index (χ2n) is 6.32. The summed E-state index contributed by atoms with van der Waals surface area (Å²) in [6.07, 6.45) is 1.53. The molecule has 4 aromatic rings. The van der Waals surface area contributed by atoms with E-state index in [4.69, 9.17) is 11.6 Å². The lowest BCUT2D eigenvalue weighted by Gasteiger charge is -2.09. The van der Waals surface area contributed by atoms with Gasteiger partial charge in [0.2, 0.25) is 0 Å². The molecule has 0 bridgehead atoms. The number of hydrogen-bond donors (Lipinski definition) is 2. The van der Waals surface area contributed by atoms with Crippen molar-refractivity contribution in [2.75, 3.05) is 10.6 Å². The Labute approximate surface area is 173 Å². The fourth-order valence-electron chi connectivity index (χ4n) is 2.78. The Morgan fingerprint density at radius 3 is 2.21 bits per heavy atom. The van der Waals surface area contributed by atoms with Gasteiger partial charge in [0, 0.05) is 33.6 Å². The lowest BCUT2D eigenvalue weighted by atomic mass is 10.1. The van der Waals surface area contributed by atoms with Crippen LogP contribution in [0.25, 0.3) is 11.3 Å². The van der Waals surface area contributed by atoms with Gasteiger partial charge in [0.15, 0.2) is 0 Å². The van der Waals surface area contributed by atoms with E-state index in [1.54, 1.807) is 24.3 Å². The molecule has 0 fully saturated rings. The average molecular weight is 401 g/mol. The summed E-state index contributed by atoms with van der Waals surface area (Å²) in [4.78, 5) is 20.9. The van der Waals surface area contributed by atoms with Gasteiger partial charge in [-0.05, 0) is 48.5 Å². The normalized spacial score (nSPS) is 10.4. The Hall–Kier alpha value is -3.70. The molecule has 0 aliphatic heterocycles. The molecule has 0 unspecified atom stereocenters. The van der Waals surface area contributed by atoms with E-state index in [9.17, 15) is 4.79 Å². The van der Waals surface area contributed by atoms with Crippen molar-refractivity contribution in [3.8, 4) is 11.3 Å². The lowest BCUT2D eigenvalue weighted by Crippen LogP contribution is -2.11. The molecule has 0 saturated heterocycles. The fraction of sp³-hybridized carbons (Fsp3) is 0. The molecule has 0 saturated carbocycles. The Morgan fingerprint density at radius 2 is 1.48 bits per heavy atom. The molecule has 0 aliphatic carbocycles. The first kappa shape index (κ1) is 18.7. The second-order valence-corrected chi connectivity index (χ2v) is 6.75. The lowest BCUT2D eigenvalue weighted by molar-refractivity contribution is 0.102. The number of carbonyl (C=O) groups is 1. The molecule has 2 N–H and O–H groups in total. The Bertz CT molecular complexity index is 1110. The second kappa shape index (κ2) is 8.54. The molecule has 0 radical (unpaired) electrons. The number of anilines is 3. The largest absolute Gasteiger partial charge is 0.340 e. The first-order chi connectivity index (χ1) is 14.2. The van der Waals surface area contributed by atoms with Crippen LogP contribution in [0.3, 0.4) is 0 Å². The Balaban J connectivity index is 1.43. The molecule has 1 heterocycles. The third kappa shape index (κ3) is 4.78. The predicted octanol–water partition coefficient (Wildman–Crippen LogP) is 5.79. The summed E-state index contributed by atoms with van der Waals surface area (Å²) in [5.41, 5.74) is 3.97. The molecule has 3 aromatic carbocycles. The molecule has 0 spiro atoms. The summed E-state index contributed by atoms with van der Waals surface area (Å²) in [6.45, 7) is 0. The standard InChI is InChI=1S/C23H17ClN4O/c24-18-8-6-17(7-9-18)23(29)28-20-12-10-19(11-13-20)27-22-14-21(25-15-26-22)16-4-2-1-3-5-16/h1-15H,(H,28,29)(H,25,26,27). The highest BCUT2D eigenvalue weighted by atomic mass is 35.5. The zero-order chi connectivity index (χ0) is 20.1. The molecule has 5 nitrogen and oxygen atoms in total. The number of nitrogens with one attached hydrogen (secondary N) is 2. The summed E-state index contributed by atoms with van der Waals surface area (Å²) in [5.74, 6) is 0.502. The minimum atomic E-state index is -0.189. The van der Waals surface area contributed by atoms with Gasteiger partial charge >= 0.3 is 0 Å². The van der Waals surface area contributed by atoms with Gasteiger partial charge < -0.3 is 10.6 Å². The van der Waals surface area contributed by atoms with Crippen LogP contribution in [0.2, 0.25) is 5.02 Å². The van der Waals surface area contributed by atoms with Crippen molar-refractivity contribution in [2.24, 2.45) is 0 Å². The number of hydrogen-bond acceptors (Lipinski definition) is 4. The third-order valence-corrected chi connectivity index (χ3v) is 4.51. The monoisotopic (exact) mass is 400 g/mol. The van der Waals surface area contributed by atoms with Gasteiger partial charge in [0.05, 0.1) is 5.69 Å². The van der Waals surface area contributed by atoms with E-state index in [-0.39, 0.29) is 5.91 Å². The van der Waals surface area contributed by atoms with Crippen LogP contribution in [-0.2, 0) is 0 Å². The Morgan fingerprint density at radius 1 is 0.793 bits per heavy atom. The summed E-state index contributed by atoms with van der Waals surface area (Å²) in [7, 11) is 0. The quantitative estimate of drug-likeness (QED) is 0.444. The van der Waals surface area contributed by atoms with Gasteiger partial charge in [-0.25, -0.2) is 9.97 Å². The first-order valence-electron chi connectivity index (χ1n) is 8.99. The minimum absolute atomic E-state index is 0.189. The summed E-state index contributed by atoms with van der Waals surface area (Å²) in [6, 6.07) is 26.0. The number of nitrogens with zero attached hydrogens (tertiary/aromatic N) is 2. The van der Waals surface area contributed by atoms with Crippen molar-refractivity contribution < 1.29 is 4.79 Å². The molecular weight excluding hydrogens is 384 g/mol. The van der Waals surface area contributed by atoms with Crippen LogP contribution in [-0.4, -0.2) is 15.9 Å². The van der Waals surface area contributed by atoms with Crippen LogP contribution in [0.1, 0.15) is 10.4 Å². The van der Waals surface area contributed by atoms with Gasteiger partial charge in [-0.2, -0.15) is 0 Å². The van der Waals surface area contributed by atoms with Crippen molar-refractivity contribution in [1.82, 2.24) is 9.97 Å². The molecule has 0 atom stereocenters. The maximum Gasteiger partial charge on any atom is 0.255 e. The average Bonchev–Trinajstić information content (AvgIpc) is 2.76.